The molecule has 1 N–H and O–H groups in total. The predicted octanol–water partition coefficient (Wildman–Crippen LogP) is 2.22. The van der Waals surface area contributed by atoms with Crippen LogP contribution in [-0.2, 0) is 0 Å². The fourth-order valence-corrected chi connectivity index (χ4v) is 1.10. The summed E-state index contributed by atoms with van der Waals surface area (Å²) in [5, 5.41) is 0. The predicted molar refractivity (Wildman–Crippen MR) is 45.3 cm³/mol. The van der Waals surface area contributed by atoms with Crippen LogP contribution < -0.4 is 15.0 Å². The van der Waals surface area contributed by atoms with E-state index < -0.39 is 35.5 Å². The number of alkyl halides is 5. The highest BCUT2D eigenvalue weighted by molar-refractivity contribution is 5.40. The second-order valence-electron chi connectivity index (χ2n) is 2.79. The van der Waals surface area contributed by atoms with E-state index in [0.29, 0.717) is 6.07 Å². The van der Waals surface area contributed by atoms with Gasteiger partial charge in [-0.25, -0.2) is 8.78 Å². The fraction of sp³-hybridized carbons (Fsp3) is 0.375. The molecular formula is C8H6F5NO3. The molecule has 17 heavy (non-hydrogen) atoms. The molecule has 0 radical (unpaired) electrons. The van der Waals surface area contributed by atoms with Gasteiger partial charge in [-0.3, -0.25) is 9.78 Å². The Labute approximate surface area is 91.0 Å². The van der Waals surface area contributed by atoms with Crippen molar-refractivity contribution in [3.05, 3.63) is 22.0 Å². The van der Waals surface area contributed by atoms with Crippen LogP contribution in [0.3, 0.4) is 0 Å². The van der Waals surface area contributed by atoms with Crippen LogP contribution in [0.1, 0.15) is 12.0 Å². The van der Waals surface area contributed by atoms with Gasteiger partial charge in [0.05, 0.1) is 7.11 Å². The normalized spacial score (nSPS) is 11.7. The van der Waals surface area contributed by atoms with Crippen molar-refractivity contribution in [1.82, 2.24) is 4.98 Å². The molecule has 0 aliphatic heterocycles. The molecule has 1 aromatic rings. The number of methoxy groups -OCH3 is 1. The molecule has 0 aliphatic carbocycles. The third-order valence-corrected chi connectivity index (χ3v) is 1.66. The van der Waals surface area contributed by atoms with E-state index >= 15 is 0 Å². The SMILES string of the molecule is COc1cc(=O)[nH]c(OC(F)(F)F)c1C(F)F. The first-order valence-corrected chi connectivity index (χ1v) is 4.09. The third-order valence-electron chi connectivity index (χ3n) is 1.66. The standard InChI is InChI=1S/C8H6F5NO3/c1-16-3-2-4(15)14-7(5(3)6(9)10)17-8(11,12)13/h2,6H,1H3,(H,14,15). The quantitative estimate of drug-likeness (QED) is 0.847. The van der Waals surface area contributed by atoms with Crippen LogP contribution in [0.25, 0.3) is 0 Å². The number of ether oxygens (including phenoxy) is 2. The average Bonchev–Trinajstić information content (AvgIpc) is 2.12. The van der Waals surface area contributed by atoms with Gasteiger partial charge in [0.25, 0.3) is 12.0 Å². The number of nitrogens with one attached hydrogen (secondary N) is 1. The van der Waals surface area contributed by atoms with Crippen LogP contribution >= 0.6 is 0 Å². The van der Waals surface area contributed by atoms with Gasteiger partial charge in [-0.05, 0) is 0 Å². The maximum Gasteiger partial charge on any atom is 0.574 e. The Morgan fingerprint density at radius 3 is 2.35 bits per heavy atom. The minimum absolute atomic E-state index is 0.602. The van der Waals surface area contributed by atoms with Gasteiger partial charge < -0.3 is 9.47 Å². The maximum atomic E-state index is 12.5. The van der Waals surface area contributed by atoms with E-state index in [9.17, 15) is 26.7 Å². The van der Waals surface area contributed by atoms with Crippen molar-refractivity contribution >= 4 is 0 Å². The Hall–Kier alpha value is -1.80. The van der Waals surface area contributed by atoms with Gasteiger partial charge in [0, 0.05) is 6.07 Å². The molecule has 0 aliphatic rings. The summed E-state index contributed by atoms with van der Waals surface area (Å²) in [6.45, 7) is 0. The zero-order valence-corrected chi connectivity index (χ0v) is 8.27. The van der Waals surface area contributed by atoms with Crippen LogP contribution in [0.5, 0.6) is 11.6 Å². The van der Waals surface area contributed by atoms with Crippen molar-refractivity contribution in [3.63, 3.8) is 0 Å². The number of rotatable bonds is 3. The molecule has 0 saturated carbocycles. The lowest BCUT2D eigenvalue weighted by Crippen LogP contribution is -2.22. The molecule has 1 heterocycles. The maximum absolute atomic E-state index is 12.5. The summed E-state index contributed by atoms with van der Waals surface area (Å²) in [6.07, 6.45) is -8.49. The van der Waals surface area contributed by atoms with E-state index in [1.165, 1.54) is 4.98 Å². The number of halogens is 5. The van der Waals surface area contributed by atoms with Gasteiger partial charge in [-0.15, -0.1) is 13.2 Å². The molecule has 96 valence electrons. The topological polar surface area (TPSA) is 51.3 Å². The Morgan fingerprint density at radius 2 is 1.94 bits per heavy atom. The molecule has 0 spiro atoms. The van der Waals surface area contributed by atoms with Gasteiger partial charge in [0.2, 0.25) is 5.88 Å². The van der Waals surface area contributed by atoms with Crippen molar-refractivity contribution < 1.29 is 31.4 Å². The van der Waals surface area contributed by atoms with Gasteiger partial charge in [-0.1, -0.05) is 0 Å². The Morgan fingerprint density at radius 1 is 1.35 bits per heavy atom. The zero-order chi connectivity index (χ0) is 13.2. The Balaban J connectivity index is 3.36. The first kappa shape index (κ1) is 13.3. The highest BCUT2D eigenvalue weighted by atomic mass is 19.4. The highest BCUT2D eigenvalue weighted by Gasteiger charge is 2.35. The van der Waals surface area contributed by atoms with E-state index in [2.05, 4.69) is 9.47 Å². The van der Waals surface area contributed by atoms with E-state index in [1.54, 1.807) is 0 Å². The molecule has 4 nitrogen and oxygen atoms in total. The summed E-state index contributed by atoms with van der Waals surface area (Å²) < 4.78 is 68.5. The number of H-pyrrole nitrogens is 1. The van der Waals surface area contributed by atoms with E-state index in [4.69, 9.17) is 0 Å². The third kappa shape index (κ3) is 3.33. The smallest absolute Gasteiger partial charge is 0.496 e. The van der Waals surface area contributed by atoms with E-state index in [-0.39, 0.29) is 0 Å². The average molecular weight is 259 g/mol. The molecule has 0 atom stereocenters. The number of hydrogen-bond acceptors (Lipinski definition) is 3. The molecule has 0 bridgehead atoms. The number of pyridine rings is 1. The van der Waals surface area contributed by atoms with Gasteiger partial charge in [-0.2, -0.15) is 0 Å². The van der Waals surface area contributed by atoms with E-state index in [0.717, 1.165) is 7.11 Å². The van der Waals surface area contributed by atoms with Crippen molar-refractivity contribution in [2.24, 2.45) is 0 Å². The number of aromatic nitrogens is 1. The van der Waals surface area contributed by atoms with E-state index in [1.807, 2.05) is 0 Å². The van der Waals surface area contributed by atoms with Crippen LogP contribution in [0, 0.1) is 0 Å². The first-order valence-electron chi connectivity index (χ1n) is 4.09. The second-order valence-corrected chi connectivity index (χ2v) is 2.79. The molecule has 1 rings (SSSR count). The second kappa shape index (κ2) is 4.60. The summed E-state index contributed by atoms with van der Waals surface area (Å²) in [5.41, 5.74) is -2.21. The number of hydrogen-bond donors (Lipinski definition) is 1. The monoisotopic (exact) mass is 259 g/mol. The molecule has 0 aromatic carbocycles. The van der Waals surface area contributed by atoms with Gasteiger partial charge in [0.15, 0.2) is 0 Å². The molecule has 1 aromatic heterocycles. The summed E-state index contributed by atoms with van der Waals surface area (Å²) in [6, 6.07) is 0.602. The van der Waals surface area contributed by atoms with Crippen molar-refractivity contribution in [3.8, 4) is 11.6 Å². The minimum Gasteiger partial charge on any atom is -0.496 e. The summed E-state index contributed by atoms with van der Waals surface area (Å²) in [5.74, 6) is -2.06. The highest BCUT2D eigenvalue weighted by Crippen LogP contribution is 2.36. The lowest BCUT2D eigenvalue weighted by molar-refractivity contribution is -0.276. The molecule has 0 fully saturated rings. The van der Waals surface area contributed by atoms with Crippen molar-refractivity contribution in [2.75, 3.05) is 7.11 Å². The number of aromatic amines is 1. The Kier molecular flexibility index (Phi) is 3.59. The Bertz CT molecular complexity index is 453. The van der Waals surface area contributed by atoms with Gasteiger partial charge in [0.1, 0.15) is 11.3 Å². The lowest BCUT2D eigenvalue weighted by Gasteiger charge is -2.14. The largest absolute Gasteiger partial charge is 0.574 e. The van der Waals surface area contributed by atoms with Crippen LogP contribution in [0.2, 0.25) is 0 Å². The summed E-state index contributed by atoms with van der Waals surface area (Å²) >= 11 is 0. The van der Waals surface area contributed by atoms with Crippen LogP contribution in [0.4, 0.5) is 22.0 Å². The van der Waals surface area contributed by atoms with Crippen molar-refractivity contribution in [1.29, 1.82) is 0 Å². The van der Waals surface area contributed by atoms with Crippen LogP contribution in [0.15, 0.2) is 10.9 Å². The molecule has 9 heteroatoms. The zero-order valence-electron chi connectivity index (χ0n) is 8.27. The summed E-state index contributed by atoms with van der Waals surface area (Å²) in [7, 11) is 0.942. The molecule has 0 amide bonds. The molecule has 0 unspecified atom stereocenters. The lowest BCUT2D eigenvalue weighted by atomic mass is 10.2. The summed E-state index contributed by atoms with van der Waals surface area (Å²) in [4.78, 5) is 12.4. The fourth-order valence-electron chi connectivity index (χ4n) is 1.10. The van der Waals surface area contributed by atoms with Gasteiger partial charge >= 0.3 is 6.36 Å². The minimum atomic E-state index is -5.20. The first-order chi connectivity index (χ1) is 7.74. The van der Waals surface area contributed by atoms with Crippen molar-refractivity contribution in [2.45, 2.75) is 12.8 Å². The van der Waals surface area contributed by atoms with Crippen LogP contribution in [-0.4, -0.2) is 18.5 Å². The molecule has 0 saturated heterocycles. The molecular weight excluding hydrogens is 253 g/mol.